The highest BCUT2D eigenvalue weighted by Crippen LogP contribution is 2.20. The number of anilines is 1. The van der Waals surface area contributed by atoms with Gasteiger partial charge in [0, 0.05) is 43.1 Å². The van der Waals surface area contributed by atoms with E-state index in [1.165, 1.54) is 5.56 Å². The molecule has 1 fully saturated rings. The van der Waals surface area contributed by atoms with Crippen molar-refractivity contribution in [1.29, 1.82) is 0 Å². The Balaban J connectivity index is 1.49. The molecule has 0 atom stereocenters. The number of hydrogen-bond acceptors (Lipinski definition) is 2. The van der Waals surface area contributed by atoms with Gasteiger partial charge >= 0.3 is 6.03 Å². The highest BCUT2D eigenvalue weighted by Gasteiger charge is 2.20. The third-order valence-corrected chi connectivity index (χ3v) is 4.54. The monoisotopic (exact) mass is 355 g/mol. The summed E-state index contributed by atoms with van der Waals surface area (Å²) in [6.45, 7) is 5.04. The van der Waals surface area contributed by atoms with Crippen LogP contribution in [0.2, 0.25) is 5.02 Å². The summed E-state index contributed by atoms with van der Waals surface area (Å²) < 4.78 is 0. The van der Waals surface area contributed by atoms with Gasteiger partial charge in [0.05, 0.1) is 0 Å². The number of amides is 2. The van der Waals surface area contributed by atoms with Gasteiger partial charge in [-0.1, -0.05) is 47.5 Å². The van der Waals surface area contributed by atoms with E-state index < -0.39 is 0 Å². The quantitative estimate of drug-likeness (QED) is 0.897. The van der Waals surface area contributed by atoms with E-state index in [1.807, 2.05) is 47.4 Å². The molecular weight excluding hydrogens is 334 g/mol. The second-order valence-electron chi connectivity index (χ2n) is 6.15. The van der Waals surface area contributed by atoms with Gasteiger partial charge in [0.2, 0.25) is 0 Å². The maximum absolute atomic E-state index is 12.3. The Labute approximate surface area is 153 Å². The zero-order valence-electron chi connectivity index (χ0n) is 14.3. The van der Waals surface area contributed by atoms with Crippen LogP contribution in [0.4, 0.5) is 10.5 Å². The summed E-state index contributed by atoms with van der Waals surface area (Å²) in [5, 5.41) is 3.58. The predicted molar refractivity (Wildman–Crippen MR) is 104 cm³/mol. The molecule has 1 saturated heterocycles. The predicted octanol–water partition coefficient (Wildman–Crippen LogP) is 4.15. The molecule has 2 aromatic rings. The van der Waals surface area contributed by atoms with E-state index in [0.717, 1.165) is 29.4 Å². The molecule has 0 bridgehead atoms. The van der Waals surface area contributed by atoms with Crippen molar-refractivity contribution < 1.29 is 4.79 Å². The summed E-state index contributed by atoms with van der Waals surface area (Å²) in [6.07, 6.45) is 3.61. The van der Waals surface area contributed by atoms with Crippen molar-refractivity contribution in [1.82, 2.24) is 10.2 Å². The van der Waals surface area contributed by atoms with Crippen molar-refractivity contribution in [2.75, 3.05) is 31.1 Å². The summed E-state index contributed by atoms with van der Waals surface area (Å²) in [5.74, 6) is 0. The number of urea groups is 1. The molecule has 1 aliphatic heterocycles. The molecule has 5 heteroatoms. The number of aryl methyl sites for hydroxylation is 1. The molecule has 2 aromatic carbocycles. The van der Waals surface area contributed by atoms with Crippen molar-refractivity contribution in [3.8, 4) is 0 Å². The van der Waals surface area contributed by atoms with E-state index in [1.54, 1.807) is 6.20 Å². The fourth-order valence-electron chi connectivity index (χ4n) is 2.82. The summed E-state index contributed by atoms with van der Waals surface area (Å²) in [6, 6.07) is 15.9. The molecule has 0 unspecified atom stereocenters. The maximum Gasteiger partial charge on any atom is 0.321 e. The Bertz CT molecular complexity index is 750. The smallest absolute Gasteiger partial charge is 0.321 e. The Morgan fingerprint density at radius 3 is 2.48 bits per heavy atom. The van der Waals surface area contributed by atoms with Crippen LogP contribution in [0.5, 0.6) is 0 Å². The number of benzene rings is 2. The van der Waals surface area contributed by atoms with Crippen LogP contribution in [0.1, 0.15) is 11.1 Å². The molecule has 3 rings (SSSR count). The SMILES string of the molecule is Cc1ccc(/C=C/NC(=O)N2CCN(c3cccc(Cl)c3)CC2)cc1. The van der Waals surface area contributed by atoms with Gasteiger partial charge in [-0.3, -0.25) is 0 Å². The van der Waals surface area contributed by atoms with E-state index >= 15 is 0 Å². The number of hydrogen-bond donors (Lipinski definition) is 1. The van der Waals surface area contributed by atoms with Crippen LogP contribution < -0.4 is 10.2 Å². The molecular formula is C20H22ClN3O. The first-order chi connectivity index (χ1) is 12.1. The van der Waals surface area contributed by atoms with Crippen LogP contribution in [0, 0.1) is 6.92 Å². The third-order valence-electron chi connectivity index (χ3n) is 4.30. The standard InChI is InChI=1S/C20H22ClN3O/c1-16-5-7-17(8-6-16)9-10-22-20(25)24-13-11-23(12-14-24)19-4-2-3-18(21)15-19/h2-10,15H,11-14H2,1H3,(H,22,25)/b10-9+. The number of piperazine rings is 1. The molecule has 0 spiro atoms. The van der Waals surface area contributed by atoms with Gasteiger partial charge in [0.15, 0.2) is 0 Å². The van der Waals surface area contributed by atoms with Gasteiger partial charge in [-0.25, -0.2) is 4.79 Å². The highest BCUT2D eigenvalue weighted by atomic mass is 35.5. The molecule has 1 heterocycles. The van der Waals surface area contributed by atoms with Crippen molar-refractivity contribution in [2.24, 2.45) is 0 Å². The number of carbonyl (C=O) groups is 1. The Morgan fingerprint density at radius 1 is 1.08 bits per heavy atom. The van der Waals surface area contributed by atoms with Gasteiger partial charge in [-0.15, -0.1) is 0 Å². The van der Waals surface area contributed by atoms with Crippen molar-refractivity contribution in [3.63, 3.8) is 0 Å². The van der Waals surface area contributed by atoms with Crippen LogP contribution in [0.3, 0.4) is 0 Å². The van der Waals surface area contributed by atoms with E-state index in [9.17, 15) is 4.79 Å². The van der Waals surface area contributed by atoms with E-state index in [0.29, 0.717) is 13.1 Å². The average Bonchev–Trinajstić information content (AvgIpc) is 2.63. The largest absolute Gasteiger partial charge is 0.368 e. The molecule has 1 N–H and O–H groups in total. The average molecular weight is 356 g/mol. The minimum absolute atomic E-state index is 0.0610. The lowest BCUT2D eigenvalue weighted by Gasteiger charge is -2.35. The van der Waals surface area contributed by atoms with Crippen LogP contribution in [0.25, 0.3) is 6.08 Å². The number of nitrogens with zero attached hydrogens (tertiary/aromatic N) is 2. The zero-order valence-corrected chi connectivity index (χ0v) is 15.0. The Morgan fingerprint density at radius 2 is 1.80 bits per heavy atom. The molecule has 130 valence electrons. The second-order valence-corrected chi connectivity index (χ2v) is 6.58. The van der Waals surface area contributed by atoms with Crippen molar-refractivity contribution >= 4 is 29.4 Å². The first kappa shape index (κ1) is 17.4. The lowest BCUT2D eigenvalue weighted by atomic mass is 10.1. The molecule has 1 aliphatic rings. The number of carbonyl (C=O) groups excluding carboxylic acids is 1. The highest BCUT2D eigenvalue weighted by molar-refractivity contribution is 6.30. The van der Waals surface area contributed by atoms with E-state index in [-0.39, 0.29) is 6.03 Å². The van der Waals surface area contributed by atoms with Gasteiger partial charge in [-0.05, 0) is 36.8 Å². The van der Waals surface area contributed by atoms with Crippen LogP contribution in [0.15, 0.2) is 54.7 Å². The normalized spacial score (nSPS) is 14.8. The lowest BCUT2D eigenvalue weighted by molar-refractivity contribution is 0.198. The molecule has 0 saturated carbocycles. The third kappa shape index (κ3) is 4.77. The summed E-state index contributed by atoms with van der Waals surface area (Å²) in [5.41, 5.74) is 3.39. The van der Waals surface area contributed by atoms with Crippen LogP contribution in [-0.2, 0) is 0 Å². The lowest BCUT2D eigenvalue weighted by Crippen LogP contribution is -2.51. The van der Waals surface area contributed by atoms with Crippen molar-refractivity contribution in [2.45, 2.75) is 6.92 Å². The van der Waals surface area contributed by atoms with E-state index in [2.05, 4.69) is 29.3 Å². The summed E-state index contributed by atoms with van der Waals surface area (Å²) >= 11 is 6.05. The number of rotatable bonds is 3. The first-order valence-electron chi connectivity index (χ1n) is 8.41. The minimum Gasteiger partial charge on any atom is -0.368 e. The van der Waals surface area contributed by atoms with Gasteiger partial charge in [-0.2, -0.15) is 0 Å². The number of nitrogens with one attached hydrogen (secondary N) is 1. The van der Waals surface area contributed by atoms with Crippen LogP contribution in [-0.4, -0.2) is 37.1 Å². The van der Waals surface area contributed by atoms with Gasteiger partial charge in [0.1, 0.15) is 0 Å². The zero-order chi connectivity index (χ0) is 17.6. The molecule has 4 nitrogen and oxygen atoms in total. The maximum atomic E-state index is 12.3. The Hall–Kier alpha value is -2.46. The topological polar surface area (TPSA) is 35.6 Å². The van der Waals surface area contributed by atoms with Crippen LogP contribution >= 0.6 is 11.6 Å². The van der Waals surface area contributed by atoms with Gasteiger partial charge < -0.3 is 15.1 Å². The minimum atomic E-state index is -0.0610. The molecule has 2 amide bonds. The fourth-order valence-corrected chi connectivity index (χ4v) is 3.00. The molecule has 0 aromatic heterocycles. The van der Waals surface area contributed by atoms with E-state index in [4.69, 9.17) is 11.6 Å². The second kappa shape index (κ2) is 8.08. The first-order valence-corrected chi connectivity index (χ1v) is 8.79. The fraction of sp³-hybridized carbons (Fsp3) is 0.250. The molecule has 0 aliphatic carbocycles. The Kier molecular flexibility index (Phi) is 5.61. The summed E-state index contributed by atoms with van der Waals surface area (Å²) in [4.78, 5) is 16.3. The number of halogens is 1. The molecule has 0 radical (unpaired) electrons. The van der Waals surface area contributed by atoms with Crippen molar-refractivity contribution in [3.05, 3.63) is 70.9 Å². The summed E-state index contributed by atoms with van der Waals surface area (Å²) in [7, 11) is 0. The van der Waals surface area contributed by atoms with Gasteiger partial charge in [0.25, 0.3) is 0 Å². The molecule has 25 heavy (non-hydrogen) atoms.